The summed E-state index contributed by atoms with van der Waals surface area (Å²) in [5, 5.41) is 12.5. The summed E-state index contributed by atoms with van der Waals surface area (Å²) in [4.78, 5) is 11.8. The van der Waals surface area contributed by atoms with Gasteiger partial charge in [-0.1, -0.05) is 36.4 Å². The van der Waals surface area contributed by atoms with E-state index in [4.69, 9.17) is 0 Å². The molecule has 6 aromatic carbocycles. The first-order chi connectivity index (χ1) is 15.2. The molecule has 0 aromatic heterocycles. The zero-order valence-electron chi connectivity index (χ0n) is 16.9. The van der Waals surface area contributed by atoms with Crippen LogP contribution in [0.1, 0.15) is 11.1 Å². The predicted octanol–water partition coefficient (Wildman–Crippen LogP) is 7.59. The van der Waals surface area contributed by atoms with Crippen molar-refractivity contribution < 1.29 is 4.79 Å². The van der Waals surface area contributed by atoms with Crippen molar-refractivity contribution in [1.82, 2.24) is 0 Å². The summed E-state index contributed by atoms with van der Waals surface area (Å²) in [5.41, 5.74) is 2.28. The van der Waals surface area contributed by atoms with Crippen LogP contribution in [0.3, 0.4) is 0 Å². The van der Waals surface area contributed by atoms with Gasteiger partial charge in [0.15, 0.2) is 5.78 Å². The van der Waals surface area contributed by atoms with Crippen LogP contribution < -0.4 is 0 Å². The van der Waals surface area contributed by atoms with Crippen LogP contribution in [-0.4, -0.2) is 5.78 Å². The van der Waals surface area contributed by atoms with Gasteiger partial charge in [0.25, 0.3) is 0 Å². The molecule has 0 atom stereocenters. The Morgan fingerprint density at radius 1 is 0.452 bits per heavy atom. The molecule has 0 N–H and O–H groups in total. The summed E-state index contributed by atoms with van der Waals surface area (Å²) in [6.07, 6.45) is 4.14. The van der Waals surface area contributed by atoms with Gasteiger partial charge in [0.05, 0.1) is 0 Å². The lowest BCUT2D eigenvalue weighted by Gasteiger charge is -2.13. The smallest absolute Gasteiger partial charge is 0.160 e. The van der Waals surface area contributed by atoms with E-state index < -0.39 is 0 Å². The van der Waals surface area contributed by atoms with Gasteiger partial charge < -0.3 is 0 Å². The second-order valence-electron chi connectivity index (χ2n) is 8.67. The second kappa shape index (κ2) is 6.02. The van der Waals surface area contributed by atoms with E-state index in [1.807, 2.05) is 6.08 Å². The molecule has 6 aromatic rings. The molecule has 31 heavy (non-hydrogen) atoms. The third kappa shape index (κ3) is 2.60. The summed E-state index contributed by atoms with van der Waals surface area (Å²) in [7, 11) is 0. The van der Waals surface area contributed by atoms with E-state index in [2.05, 4.69) is 84.9 Å². The average molecular weight is 394 g/mol. The van der Waals surface area contributed by atoms with Crippen molar-refractivity contribution in [2.45, 2.75) is 6.42 Å². The molecule has 0 aliphatic heterocycles. The molecule has 0 radical (unpaired) electrons. The Morgan fingerprint density at radius 2 is 0.871 bits per heavy atom. The normalized spacial score (nSPS) is 13.6. The molecule has 0 amide bonds. The van der Waals surface area contributed by atoms with Crippen molar-refractivity contribution in [1.29, 1.82) is 0 Å². The molecular formula is C30H18O. The first kappa shape index (κ1) is 16.8. The number of hydrogen-bond acceptors (Lipinski definition) is 1. The average Bonchev–Trinajstić information content (AvgIpc) is 2.77. The molecule has 144 valence electrons. The van der Waals surface area contributed by atoms with Crippen molar-refractivity contribution in [3.8, 4) is 0 Å². The van der Waals surface area contributed by atoms with Crippen LogP contribution in [0, 0.1) is 0 Å². The second-order valence-corrected chi connectivity index (χ2v) is 8.67. The molecule has 0 spiro atoms. The maximum Gasteiger partial charge on any atom is 0.160 e. The number of carbonyl (C=O) groups excluding carboxylic acids is 1. The summed E-state index contributed by atoms with van der Waals surface area (Å²) in [5.74, 6) is 0.179. The first-order valence-electron chi connectivity index (χ1n) is 10.7. The van der Waals surface area contributed by atoms with E-state index in [0.717, 1.165) is 11.1 Å². The Kier molecular flexibility index (Phi) is 3.26. The summed E-state index contributed by atoms with van der Waals surface area (Å²) in [6, 6.07) is 31.2. The van der Waals surface area contributed by atoms with E-state index >= 15 is 0 Å². The number of ketones is 1. The van der Waals surface area contributed by atoms with Crippen LogP contribution in [0.15, 0.2) is 91.0 Å². The van der Waals surface area contributed by atoms with Crippen LogP contribution in [0.4, 0.5) is 0 Å². The van der Waals surface area contributed by atoms with Gasteiger partial charge in [0.2, 0.25) is 0 Å². The molecule has 0 heterocycles. The summed E-state index contributed by atoms with van der Waals surface area (Å²) in [6.45, 7) is 0. The highest BCUT2D eigenvalue weighted by atomic mass is 16.1. The van der Waals surface area contributed by atoms with Gasteiger partial charge >= 0.3 is 0 Å². The number of fused-ring (bicyclic) bond motifs is 6. The zero-order chi connectivity index (χ0) is 20.5. The van der Waals surface area contributed by atoms with Gasteiger partial charge in [0, 0.05) is 6.42 Å². The van der Waals surface area contributed by atoms with Gasteiger partial charge in [-0.3, -0.25) is 4.79 Å². The van der Waals surface area contributed by atoms with Crippen LogP contribution in [-0.2, 0) is 11.2 Å². The third-order valence-electron chi connectivity index (χ3n) is 6.64. The molecule has 7 rings (SSSR count). The largest absolute Gasteiger partial charge is 0.294 e. The first-order valence-corrected chi connectivity index (χ1v) is 10.7. The van der Waals surface area contributed by atoms with Crippen molar-refractivity contribution in [3.63, 3.8) is 0 Å². The Balaban J connectivity index is 1.50. The van der Waals surface area contributed by atoms with Crippen molar-refractivity contribution in [2.24, 2.45) is 0 Å². The quantitative estimate of drug-likeness (QED) is 0.243. The number of carbonyl (C=O) groups is 1. The minimum absolute atomic E-state index is 0.179. The molecule has 1 nitrogen and oxygen atoms in total. The topological polar surface area (TPSA) is 17.1 Å². The fourth-order valence-corrected chi connectivity index (χ4v) is 5.05. The Hall–Kier alpha value is -3.97. The highest BCUT2D eigenvalue weighted by Crippen LogP contribution is 2.33. The number of allylic oxidation sites excluding steroid dienone is 1. The monoisotopic (exact) mass is 394 g/mol. The molecule has 0 unspecified atom stereocenters. The maximum atomic E-state index is 11.8. The number of benzene rings is 6. The zero-order valence-corrected chi connectivity index (χ0v) is 16.9. The molecule has 0 fully saturated rings. The number of hydrogen-bond donors (Lipinski definition) is 0. The molecular weight excluding hydrogens is 376 g/mol. The molecule has 1 aliphatic rings. The third-order valence-corrected chi connectivity index (χ3v) is 6.64. The van der Waals surface area contributed by atoms with Crippen LogP contribution in [0.25, 0.3) is 59.9 Å². The minimum Gasteiger partial charge on any atom is -0.294 e. The standard InChI is InChI=1S/C30H18O/c31-30-6-5-20-9-23-12-26-13-24-10-21-7-18-3-1-2-4-19(18)8-22(21)11-25(24)14-27(26)15-28(23)16-29(20)17-30/h1-16H,17H2. The van der Waals surface area contributed by atoms with Crippen molar-refractivity contribution >= 4 is 65.7 Å². The SMILES string of the molecule is O=C1C=Cc2cc3cc4cc5cc6cc7ccccc7cc6cc5cc4cc3cc2C1. The van der Waals surface area contributed by atoms with Gasteiger partial charge in [0.1, 0.15) is 0 Å². The lowest BCUT2D eigenvalue weighted by Crippen LogP contribution is -2.04. The summed E-state index contributed by atoms with van der Waals surface area (Å²) < 4.78 is 0. The molecule has 0 saturated heterocycles. The van der Waals surface area contributed by atoms with E-state index in [9.17, 15) is 4.79 Å². The molecule has 0 bridgehead atoms. The lowest BCUT2D eigenvalue weighted by molar-refractivity contribution is -0.114. The Morgan fingerprint density at radius 3 is 1.39 bits per heavy atom. The molecule has 1 aliphatic carbocycles. The van der Waals surface area contributed by atoms with Crippen LogP contribution in [0.5, 0.6) is 0 Å². The van der Waals surface area contributed by atoms with Crippen molar-refractivity contribution in [2.75, 3.05) is 0 Å². The van der Waals surface area contributed by atoms with Crippen molar-refractivity contribution in [3.05, 3.63) is 102 Å². The minimum atomic E-state index is 0.179. The van der Waals surface area contributed by atoms with Crippen LogP contribution in [0.2, 0.25) is 0 Å². The lowest BCUT2D eigenvalue weighted by atomic mass is 9.91. The summed E-state index contributed by atoms with van der Waals surface area (Å²) >= 11 is 0. The highest BCUT2D eigenvalue weighted by molar-refractivity contribution is 6.10. The van der Waals surface area contributed by atoms with Gasteiger partial charge in [-0.15, -0.1) is 0 Å². The Bertz CT molecular complexity index is 1770. The van der Waals surface area contributed by atoms with E-state index in [0.29, 0.717) is 6.42 Å². The van der Waals surface area contributed by atoms with Gasteiger partial charge in [-0.05, 0) is 126 Å². The highest BCUT2D eigenvalue weighted by Gasteiger charge is 2.12. The number of rotatable bonds is 0. The molecule has 1 heteroatoms. The van der Waals surface area contributed by atoms with Crippen LogP contribution >= 0.6 is 0 Å². The predicted molar refractivity (Wildman–Crippen MR) is 132 cm³/mol. The fourth-order valence-electron chi connectivity index (χ4n) is 5.05. The van der Waals surface area contributed by atoms with E-state index in [-0.39, 0.29) is 5.78 Å². The fraction of sp³-hybridized carbons (Fsp3) is 0.0333. The van der Waals surface area contributed by atoms with Gasteiger partial charge in [-0.25, -0.2) is 0 Å². The molecule has 0 saturated carbocycles. The van der Waals surface area contributed by atoms with E-state index in [1.165, 1.54) is 53.9 Å². The van der Waals surface area contributed by atoms with E-state index in [1.54, 1.807) is 6.08 Å². The van der Waals surface area contributed by atoms with Gasteiger partial charge in [-0.2, -0.15) is 0 Å². The Labute approximate surface area is 179 Å². The maximum absolute atomic E-state index is 11.8.